The number of carbonyl (C=O) groups is 2. The van der Waals surface area contributed by atoms with Gasteiger partial charge in [0.25, 0.3) is 5.91 Å². The van der Waals surface area contributed by atoms with Gasteiger partial charge in [0.1, 0.15) is 0 Å². The molecule has 1 aliphatic heterocycles. The summed E-state index contributed by atoms with van der Waals surface area (Å²) >= 11 is 0. The molecule has 0 spiro atoms. The van der Waals surface area contributed by atoms with E-state index >= 15 is 0 Å². The molecule has 1 unspecified atom stereocenters. The van der Waals surface area contributed by atoms with Crippen LogP contribution < -0.4 is 5.73 Å². The lowest BCUT2D eigenvalue weighted by Crippen LogP contribution is -2.58. The molecule has 2 rings (SSSR count). The molecule has 134 valence electrons. The lowest BCUT2D eigenvalue weighted by Gasteiger charge is -2.38. The Morgan fingerprint density at radius 3 is 2.08 bits per heavy atom. The van der Waals surface area contributed by atoms with Crippen molar-refractivity contribution in [2.75, 3.05) is 26.2 Å². The van der Waals surface area contributed by atoms with Crippen LogP contribution in [0.5, 0.6) is 0 Å². The van der Waals surface area contributed by atoms with Crippen molar-refractivity contribution in [3.05, 3.63) is 35.4 Å². The summed E-state index contributed by atoms with van der Waals surface area (Å²) in [5.74, 6) is 0.0166. The predicted octanol–water partition coefficient (Wildman–Crippen LogP) is 2.22. The van der Waals surface area contributed by atoms with Crippen LogP contribution in [0, 0.1) is 6.92 Å². The van der Waals surface area contributed by atoms with Gasteiger partial charge in [0.05, 0.1) is 5.54 Å². The Kier molecular flexibility index (Phi) is 7.24. The Bertz CT molecular complexity index is 564. The maximum Gasteiger partial charge on any atom is 0.253 e. The van der Waals surface area contributed by atoms with Gasteiger partial charge < -0.3 is 15.5 Å². The number of halogens is 1. The fourth-order valence-electron chi connectivity index (χ4n) is 2.98. The summed E-state index contributed by atoms with van der Waals surface area (Å²) in [7, 11) is 0. The van der Waals surface area contributed by atoms with Crippen LogP contribution in [0.2, 0.25) is 0 Å². The molecule has 2 N–H and O–H groups in total. The molecule has 0 saturated carbocycles. The molecule has 1 heterocycles. The minimum Gasteiger partial charge on any atom is -0.338 e. The third-order valence-electron chi connectivity index (χ3n) is 4.41. The van der Waals surface area contributed by atoms with Crippen molar-refractivity contribution < 1.29 is 9.59 Å². The van der Waals surface area contributed by atoms with Gasteiger partial charge in [0.15, 0.2) is 0 Å². The zero-order valence-corrected chi connectivity index (χ0v) is 15.6. The van der Waals surface area contributed by atoms with Crippen LogP contribution in [0.25, 0.3) is 0 Å². The van der Waals surface area contributed by atoms with Crippen LogP contribution in [0.3, 0.4) is 0 Å². The van der Waals surface area contributed by atoms with Crippen LogP contribution in [0.1, 0.15) is 42.6 Å². The number of piperazine rings is 1. The number of amides is 2. The Hall–Kier alpha value is -1.59. The van der Waals surface area contributed by atoms with Crippen molar-refractivity contribution in [1.29, 1.82) is 0 Å². The summed E-state index contributed by atoms with van der Waals surface area (Å²) < 4.78 is 0. The van der Waals surface area contributed by atoms with Crippen LogP contribution in [0.4, 0.5) is 0 Å². The second-order valence-electron chi connectivity index (χ2n) is 6.62. The Balaban J connectivity index is 0.00000288. The first-order chi connectivity index (χ1) is 10.8. The number of rotatable bonds is 4. The van der Waals surface area contributed by atoms with Gasteiger partial charge in [0, 0.05) is 31.7 Å². The fraction of sp³-hybridized carbons (Fsp3) is 0.556. The van der Waals surface area contributed by atoms with Gasteiger partial charge in [-0.2, -0.15) is 0 Å². The first-order valence-electron chi connectivity index (χ1n) is 8.29. The summed E-state index contributed by atoms with van der Waals surface area (Å²) in [4.78, 5) is 28.6. The molecular weight excluding hydrogens is 326 g/mol. The van der Waals surface area contributed by atoms with Crippen molar-refractivity contribution in [2.24, 2.45) is 5.73 Å². The number of aryl methyl sites for hydroxylation is 1. The molecule has 0 aromatic heterocycles. The largest absolute Gasteiger partial charge is 0.338 e. The molecule has 0 aliphatic carbocycles. The molecule has 0 bridgehead atoms. The zero-order valence-electron chi connectivity index (χ0n) is 14.7. The molecule has 1 aromatic carbocycles. The van der Waals surface area contributed by atoms with Crippen LogP contribution in [0.15, 0.2) is 24.3 Å². The molecule has 2 amide bonds. The molecule has 1 atom stereocenters. The SMILES string of the molecule is CCCC(C)(N)C(=O)N1CCN(C(=O)c2ccc(C)cc2)CC1.Cl. The molecular formula is C18H28ClN3O2. The van der Waals surface area contributed by atoms with Crippen molar-refractivity contribution >= 4 is 24.2 Å². The average Bonchev–Trinajstić information content (AvgIpc) is 2.54. The van der Waals surface area contributed by atoms with Crippen molar-refractivity contribution in [3.8, 4) is 0 Å². The van der Waals surface area contributed by atoms with E-state index in [2.05, 4.69) is 0 Å². The summed E-state index contributed by atoms with van der Waals surface area (Å²) in [6, 6.07) is 7.59. The molecule has 24 heavy (non-hydrogen) atoms. The average molecular weight is 354 g/mol. The molecule has 1 aliphatic rings. The first kappa shape index (κ1) is 20.5. The Morgan fingerprint density at radius 1 is 1.08 bits per heavy atom. The van der Waals surface area contributed by atoms with E-state index in [4.69, 9.17) is 5.73 Å². The first-order valence-corrected chi connectivity index (χ1v) is 8.29. The topological polar surface area (TPSA) is 66.6 Å². The van der Waals surface area contributed by atoms with Crippen LogP contribution >= 0.6 is 12.4 Å². The predicted molar refractivity (Wildman–Crippen MR) is 98.4 cm³/mol. The van der Waals surface area contributed by atoms with Gasteiger partial charge in [-0.05, 0) is 32.4 Å². The quantitative estimate of drug-likeness (QED) is 0.902. The van der Waals surface area contributed by atoms with E-state index in [1.807, 2.05) is 43.0 Å². The standard InChI is InChI=1S/C18H27N3O2.ClH/c1-4-9-18(3,19)17(23)21-12-10-20(11-13-21)16(22)15-7-5-14(2)6-8-15;/h5-8H,4,9-13,19H2,1-3H3;1H. The van der Waals surface area contributed by atoms with E-state index in [1.165, 1.54) is 0 Å². The molecule has 0 radical (unpaired) electrons. The summed E-state index contributed by atoms with van der Waals surface area (Å²) in [5.41, 5.74) is 7.16. The normalized spacial score (nSPS) is 17.0. The van der Waals surface area contributed by atoms with E-state index in [0.717, 1.165) is 12.0 Å². The highest BCUT2D eigenvalue weighted by molar-refractivity contribution is 5.94. The number of benzene rings is 1. The fourth-order valence-corrected chi connectivity index (χ4v) is 2.98. The third kappa shape index (κ3) is 4.71. The van der Waals surface area contributed by atoms with Crippen LogP contribution in [-0.2, 0) is 4.79 Å². The third-order valence-corrected chi connectivity index (χ3v) is 4.41. The van der Waals surface area contributed by atoms with Gasteiger partial charge in [-0.15, -0.1) is 12.4 Å². The van der Waals surface area contributed by atoms with E-state index < -0.39 is 5.54 Å². The molecule has 1 fully saturated rings. The second-order valence-corrected chi connectivity index (χ2v) is 6.62. The monoisotopic (exact) mass is 353 g/mol. The highest BCUT2D eigenvalue weighted by atomic mass is 35.5. The Labute approximate surface area is 150 Å². The minimum atomic E-state index is -0.808. The Morgan fingerprint density at radius 2 is 1.58 bits per heavy atom. The highest BCUT2D eigenvalue weighted by Crippen LogP contribution is 2.16. The number of nitrogens with two attached hydrogens (primary N) is 1. The van der Waals surface area contributed by atoms with Gasteiger partial charge >= 0.3 is 0 Å². The maximum absolute atomic E-state index is 12.5. The van der Waals surface area contributed by atoms with Gasteiger partial charge in [0.2, 0.25) is 5.91 Å². The highest BCUT2D eigenvalue weighted by Gasteiger charge is 2.34. The van der Waals surface area contributed by atoms with Crippen molar-refractivity contribution in [2.45, 2.75) is 39.2 Å². The number of nitrogens with zero attached hydrogens (tertiary/aromatic N) is 2. The number of hydrogen-bond acceptors (Lipinski definition) is 3. The molecule has 1 aromatic rings. The summed E-state index contributed by atoms with van der Waals surface area (Å²) in [6.07, 6.45) is 1.55. The van der Waals surface area contributed by atoms with Crippen molar-refractivity contribution in [3.63, 3.8) is 0 Å². The van der Waals surface area contributed by atoms with E-state index in [9.17, 15) is 9.59 Å². The number of carbonyl (C=O) groups excluding carboxylic acids is 2. The molecule has 6 heteroatoms. The lowest BCUT2D eigenvalue weighted by molar-refractivity contribution is -0.138. The van der Waals surface area contributed by atoms with Gasteiger partial charge in [-0.1, -0.05) is 31.0 Å². The summed E-state index contributed by atoms with van der Waals surface area (Å²) in [5, 5.41) is 0. The minimum absolute atomic E-state index is 0. The second kappa shape index (κ2) is 8.49. The number of hydrogen-bond donors (Lipinski definition) is 1. The van der Waals surface area contributed by atoms with Crippen LogP contribution in [-0.4, -0.2) is 53.3 Å². The zero-order chi connectivity index (χ0) is 17.0. The van der Waals surface area contributed by atoms with E-state index in [1.54, 1.807) is 11.8 Å². The van der Waals surface area contributed by atoms with Gasteiger partial charge in [-0.25, -0.2) is 0 Å². The van der Waals surface area contributed by atoms with Gasteiger partial charge in [-0.3, -0.25) is 9.59 Å². The molecule has 5 nitrogen and oxygen atoms in total. The maximum atomic E-state index is 12.5. The molecule has 1 saturated heterocycles. The smallest absolute Gasteiger partial charge is 0.253 e. The van der Waals surface area contributed by atoms with E-state index in [0.29, 0.717) is 38.2 Å². The van der Waals surface area contributed by atoms with Crippen molar-refractivity contribution in [1.82, 2.24) is 9.80 Å². The lowest BCUT2D eigenvalue weighted by atomic mass is 9.95. The summed E-state index contributed by atoms with van der Waals surface area (Å²) in [6.45, 7) is 8.03. The van der Waals surface area contributed by atoms with E-state index in [-0.39, 0.29) is 24.2 Å².